The summed E-state index contributed by atoms with van der Waals surface area (Å²) in [6, 6.07) is 4.50. The van der Waals surface area contributed by atoms with Gasteiger partial charge in [0.15, 0.2) is 11.5 Å². The zero-order valence-electron chi connectivity index (χ0n) is 17.7. The van der Waals surface area contributed by atoms with Crippen LogP contribution in [0.4, 0.5) is 0 Å². The van der Waals surface area contributed by atoms with Gasteiger partial charge in [0.25, 0.3) is 5.91 Å². The minimum atomic E-state index is -1.07. The van der Waals surface area contributed by atoms with Gasteiger partial charge >= 0.3 is 5.97 Å². The van der Waals surface area contributed by atoms with Gasteiger partial charge in [0.05, 0.1) is 19.1 Å². The fourth-order valence-corrected chi connectivity index (χ4v) is 4.20. The first-order chi connectivity index (χ1) is 14.8. The van der Waals surface area contributed by atoms with Crippen molar-refractivity contribution in [2.45, 2.75) is 38.6 Å². The van der Waals surface area contributed by atoms with Crippen LogP contribution in [-0.2, 0) is 14.4 Å². The molecule has 1 fully saturated rings. The number of carbonyl (C=O) groups is 3. The molecule has 10 heteroatoms. The van der Waals surface area contributed by atoms with Gasteiger partial charge < -0.3 is 19.9 Å². The molecule has 2 rings (SSSR count). The van der Waals surface area contributed by atoms with Crippen molar-refractivity contribution in [1.82, 2.24) is 10.2 Å². The highest BCUT2D eigenvalue weighted by Crippen LogP contribution is 2.34. The maximum atomic E-state index is 12.7. The number of thioether (sulfide) groups is 1. The van der Waals surface area contributed by atoms with Gasteiger partial charge in [0.1, 0.15) is 10.4 Å². The smallest absolute Gasteiger partial charge is 0.325 e. The molecule has 168 valence electrons. The summed E-state index contributed by atoms with van der Waals surface area (Å²) in [5.74, 6) is -0.313. The second-order valence-corrected chi connectivity index (χ2v) is 8.56. The minimum Gasteiger partial charge on any atom is -0.493 e. The molecule has 0 aliphatic carbocycles. The van der Waals surface area contributed by atoms with Gasteiger partial charge in [-0.1, -0.05) is 36.5 Å². The lowest BCUT2D eigenvalue weighted by molar-refractivity contribution is -0.141. The number of ether oxygens (including phenoxy) is 2. The molecule has 0 radical (unpaired) electrons. The summed E-state index contributed by atoms with van der Waals surface area (Å²) in [6.45, 7) is 1.89. The zero-order chi connectivity index (χ0) is 23.0. The quantitative estimate of drug-likeness (QED) is 0.291. The maximum absolute atomic E-state index is 12.7. The predicted molar refractivity (Wildman–Crippen MR) is 123 cm³/mol. The van der Waals surface area contributed by atoms with E-state index in [9.17, 15) is 14.4 Å². The van der Waals surface area contributed by atoms with E-state index in [4.69, 9.17) is 26.8 Å². The van der Waals surface area contributed by atoms with Crippen LogP contribution in [0.5, 0.6) is 11.5 Å². The van der Waals surface area contributed by atoms with Gasteiger partial charge in [-0.15, -0.1) is 0 Å². The van der Waals surface area contributed by atoms with E-state index in [0.717, 1.165) is 12.0 Å². The molecule has 0 saturated carbocycles. The van der Waals surface area contributed by atoms with E-state index in [0.29, 0.717) is 40.1 Å². The Morgan fingerprint density at radius 1 is 1.23 bits per heavy atom. The minimum absolute atomic E-state index is 0.141. The Kier molecular flexibility index (Phi) is 9.32. The molecule has 2 N–H and O–H groups in total. The maximum Gasteiger partial charge on any atom is 0.325 e. The van der Waals surface area contributed by atoms with Gasteiger partial charge in [-0.25, -0.2) is 0 Å². The second kappa shape index (κ2) is 11.7. The monoisotopic (exact) mass is 466 g/mol. The van der Waals surface area contributed by atoms with Gasteiger partial charge in [-0.3, -0.25) is 19.3 Å². The number of aliphatic carboxylic acids is 1. The van der Waals surface area contributed by atoms with Gasteiger partial charge in [-0.2, -0.15) is 0 Å². The molecule has 8 nitrogen and oxygen atoms in total. The molecule has 1 aromatic carbocycles. The summed E-state index contributed by atoms with van der Waals surface area (Å²) in [6.07, 6.45) is 4.04. The third kappa shape index (κ3) is 6.96. The molecule has 1 aromatic rings. The second-order valence-electron chi connectivity index (χ2n) is 6.89. The summed E-state index contributed by atoms with van der Waals surface area (Å²) in [5.41, 5.74) is 0.805. The van der Waals surface area contributed by atoms with Gasteiger partial charge in [-0.05, 0) is 43.5 Å². The number of carbonyl (C=O) groups excluding carboxylic acids is 2. The number of nitrogens with one attached hydrogen (secondary N) is 1. The summed E-state index contributed by atoms with van der Waals surface area (Å²) >= 11 is 6.61. The molecule has 0 aromatic heterocycles. The number of hydrogen-bond donors (Lipinski definition) is 2. The van der Waals surface area contributed by atoms with Crippen LogP contribution < -0.4 is 14.8 Å². The van der Waals surface area contributed by atoms with Crippen LogP contribution in [0.15, 0.2) is 23.1 Å². The SMILES string of the molecule is COc1ccc(/C=C2\SC(=S)N(CCCCCC(=O)NC(C)C(=O)O)C2=O)cc1OC. The molecule has 1 aliphatic heterocycles. The van der Waals surface area contributed by atoms with E-state index in [-0.39, 0.29) is 18.2 Å². The van der Waals surface area contributed by atoms with Crippen LogP contribution >= 0.6 is 24.0 Å². The average molecular weight is 467 g/mol. The summed E-state index contributed by atoms with van der Waals surface area (Å²) in [7, 11) is 3.11. The zero-order valence-corrected chi connectivity index (χ0v) is 19.3. The number of rotatable bonds is 11. The summed E-state index contributed by atoms with van der Waals surface area (Å²) in [4.78, 5) is 37.3. The largest absolute Gasteiger partial charge is 0.493 e. The molecular formula is C21H26N2O6S2. The lowest BCUT2D eigenvalue weighted by Gasteiger charge is -2.14. The van der Waals surface area contributed by atoms with Crippen LogP contribution in [0, 0.1) is 0 Å². The number of carboxylic acids is 1. The van der Waals surface area contributed by atoms with Crippen molar-refractivity contribution in [3.8, 4) is 11.5 Å². The Morgan fingerprint density at radius 3 is 2.58 bits per heavy atom. The molecular weight excluding hydrogens is 440 g/mol. The average Bonchev–Trinajstić information content (AvgIpc) is 3.00. The topological polar surface area (TPSA) is 105 Å². The van der Waals surface area contributed by atoms with Crippen molar-refractivity contribution in [1.29, 1.82) is 0 Å². The fraction of sp³-hybridized carbons (Fsp3) is 0.429. The third-order valence-electron chi connectivity index (χ3n) is 4.61. The number of hydrogen-bond acceptors (Lipinski definition) is 7. The number of amides is 2. The molecule has 1 aliphatic rings. The fourth-order valence-electron chi connectivity index (χ4n) is 2.89. The molecule has 0 bridgehead atoms. The number of unbranched alkanes of at least 4 members (excludes halogenated alkanes) is 2. The van der Waals surface area contributed by atoms with E-state index in [1.807, 2.05) is 6.07 Å². The molecule has 1 atom stereocenters. The summed E-state index contributed by atoms with van der Waals surface area (Å²) in [5, 5.41) is 11.2. The normalized spacial score (nSPS) is 15.8. The highest BCUT2D eigenvalue weighted by molar-refractivity contribution is 8.26. The molecule has 0 spiro atoms. The Morgan fingerprint density at radius 2 is 1.94 bits per heavy atom. The molecule has 1 saturated heterocycles. The van der Waals surface area contributed by atoms with Crippen molar-refractivity contribution >= 4 is 52.2 Å². The van der Waals surface area contributed by atoms with Crippen LogP contribution in [0.3, 0.4) is 0 Å². The number of benzene rings is 1. The van der Waals surface area contributed by atoms with Crippen LogP contribution in [0.1, 0.15) is 38.2 Å². The molecule has 31 heavy (non-hydrogen) atoms. The van der Waals surface area contributed by atoms with Crippen molar-refractivity contribution in [3.63, 3.8) is 0 Å². The first kappa shape index (κ1) is 24.7. The first-order valence-corrected chi connectivity index (χ1v) is 11.0. The van der Waals surface area contributed by atoms with Crippen molar-refractivity contribution in [3.05, 3.63) is 28.7 Å². The molecule has 1 unspecified atom stereocenters. The Balaban J connectivity index is 1.85. The van der Waals surface area contributed by atoms with Crippen LogP contribution in [-0.4, -0.2) is 58.9 Å². The standard InChI is InChI=1S/C21H26N2O6S2/c1-13(20(26)27)22-18(24)7-5-4-6-10-23-19(25)17(31-21(23)30)12-14-8-9-15(28-2)16(11-14)29-3/h8-9,11-13H,4-7,10H2,1-3H3,(H,22,24)(H,26,27)/b17-12-. The number of thiocarbonyl (C=S) groups is 1. The first-order valence-electron chi connectivity index (χ1n) is 9.76. The molecule has 1 heterocycles. The van der Waals surface area contributed by atoms with E-state index in [2.05, 4.69) is 5.32 Å². The van der Waals surface area contributed by atoms with E-state index < -0.39 is 12.0 Å². The lowest BCUT2D eigenvalue weighted by Crippen LogP contribution is -2.38. The third-order valence-corrected chi connectivity index (χ3v) is 5.99. The Labute approximate surface area is 191 Å². The van der Waals surface area contributed by atoms with E-state index in [1.54, 1.807) is 37.3 Å². The predicted octanol–water partition coefficient (Wildman–Crippen LogP) is 3.05. The lowest BCUT2D eigenvalue weighted by atomic mass is 10.1. The summed E-state index contributed by atoms with van der Waals surface area (Å²) < 4.78 is 11.0. The van der Waals surface area contributed by atoms with Crippen LogP contribution in [0.2, 0.25) is 0 Å². The van der Waals surface area contributed by atoms with Gasteiger partial charge in [0, 0.05) is 13.0 Å². The van der Waals surface area contributed by atoms with E-state index >= 15 is 0 Å². The Hall–Kier alpha value is -2.59. The van der Waals surface area contributed by atoms with E-state index in [1.165, 1.54) is 18.7 Å². The van der Waals surface area contributed by atoms with Gasteiger partial charge in [0.2, 0.25) is 5.91 Å². The number of nitrogens with zero attached hydrogens (tertiary/aromatic N) is 1. The highest BCUT2D eigenvalue weighted by Gasteiger charge is 2.31. The number of methoxy groups -OCH3 is 2. The van der Waals surface area contributed by atoms with Crippen molar-refractivity contribution in [2.75, 3.05) is 20.8 Å². The molecule has 2 amide bonds. The van der Waals surface area contributed by atoms with Crippen LogP contribution in [0.25, 0.3) is 6.08 Å². The highest BCUT2D eigenvalue weighted by atomic mass is 32.2. The number of carboxylic acid groups (broad SMARTS) is 1. The van der Waals surface area contributed by atoms with Crippen molar-refractivity contribution in [2.24, 2.45) is 0 Å². The van der Waals surface area contributed by atoms with Crippen molar-refractivity contribution < 1.29 is 29.0 Å². The Bertz CT molecular complexity index is 887.